The van der Waals surface area contributed by atoms with E-state index in [2.05, 4.69) is 26.1 Å². The summed E-state index contributed by atoms with van der Waals surface area (Å²) in [5, 5.41) is 25.8. The number of fused-ring (bicyclic) bond motifs is 2. The van der Waals surface area contributed by atoms with Crippen LogP contribution in [0.2, 0.25) is 0 Å². The Morgan fingerprint density at radius 1 is 1.25 bits per heavy atom. The molecular formula is C32H40N7O8P. The van der Waals surface area contributed by atoms with E-state index in [4.69, 9.17) is 29.0 Å². The number of nitrogens with zero attached hydrogens (tertiary/aromatic N) is 5. The lowest BCUT2D eigenvalue weighted by Gasteiger charge is -2.26. The molecule has 48 heavy (non-hydrogen) atoms. The summed E-state index contributed by atoms with van der Waals surface area (Å²) in [6.45, 7) is 10.4. The number of aliphatic hydroxyl groups excluding tert-OH is 1. The minimum absolute atomic E-state index is 0.0856. The van der Waals surface area contributed by atoms with E-state index in [1.54, 1.807) is 25.1 Å². The molecule has 0 aliphatic carbocycles. The Kier molecular flexibility index (Phi) is 9.96. The van der Waals surface area contributed by atoms with Gasteiger partial charge in [-0.25, -0.2) is 9.55 Å². The second-order valence-corrected chi connectivity index (χ2v) is 14.6. The summed E-state index contributed by atoms with van der Waals surface area (Å²) in [5.41, 5.74) is 4.59. The maximum Gasteiger partial charge on any atom is 0.459 e. The zero-order valence-corrected chi connectivity index (χ0v) is 28.5. The Balaban J connectivity index is 1.43. The quantitative estimate of drug-likeness (QED) is 0.139. The van der Waals surface area contributed by atoms with E-state index in [1.165, 1.54) is 24.7 Å². The molecule has 1 fully saturated rings. The van der Waals surface area contributed by atoms with E-state index >= 15 is 0 Å². The molecule has 16 heteroatoms. The number of ether oxygens (including phenoxy) is 3. The number of hydrogen-bond acceptors (Lipinski definition) is 13. The molecule has 0 saturated carbocycles. The molecule has 0 amide bonds. The Morgan fingerprint density at radius 3 is 2.69 bits per heavy atom. The summed E-state index contributed by atoms with van der Waals surface area (Å²) < 4.78 is 45.0. The number of hydrogen-bond donors (Lipinski definition) is 3. The molecule has 4 N–H and O–H groups in total. The summed E-state index contributed by atoms with van der Waals surface area (Å²) in [6, 6.07) is 13.6. The second kappa shape index (κ2) is 13.7. The van der Waals surface area contributed by atoms with Gasteiger partial charge in [0, 0.05) is 5.39 Å². The number of nitriles is 1. The molecule has 1 saturated heterocycles. The van der Waals surface area contributed by atoms with E-state index < -0.39 is 50.2 Å². The summed E-state index contributed by atoms with van der Waals surface area (Å²) in [7, 11) is -4.39. The molecule has 0 radical (unpaired) electrons. The number of nitrogen functional groups attached to an aromatic ring is 1. The molecule has 15 nitrogen and oxygen atoms in total. The van der Waals surface area contributed by atoms with Gasteiger partial charge in [-0.05, 0) is 37.6 Å². The first kappa shape index (κ1) is 35.0. The number of rotatable bonds is 12. The molecule has 6 atom stereocenters. The molecule has 256 valence electrons. The number of nitrogens with two attached hydrogens (primary N) is 1. The van der Waals surface area contributed by atoms with Crippen molar-refractivity contribution in [3.63, 3.8) is 0 Å². The van der Waals surface area contributed by atoms with Gasteiger partial charge in [-0.2, -0.15) is 20.3 Å². The van der Waals surface area contributed by atoms with Gasteiger partial charge < -0.3 is 29.6 Å². The number of nitrogens with one attached hydrogen (secondary N) is 1. The molecule has 1 aliphatic heterocycles. The van der Waals surface area contributed by atoms with E-state index in [-0.39, 0.29) is 40.8 Å². The Labute approximate surface area is 277 Å². The van der Waals surface area contributed by atoms with Crippen molar-refractivity contribution in [3.05, 3.63) is 48.8 Å². The highest BCUT2D eigenvalue weighted by Crippen LogP contribution is 2.50. The molecular weight excluding hydrogens is 641 g/mol. The van der Waals surface area contributed by atoms with Crippen LogP contribution in [0.1, 0.15) is 47.8 Å². The molecule has 0 spiro atoms. The van der Waals surface area contributed by atoms with Gasteiger partial charge in [0.05, 0.1) is 32.2 Å². The largest absolute Gasteiger partial charge is 0.476 e. The van der Waals surface area contributed by atoms with Crippen molar-refractivity contribution in [2.45, 2.75) is 66.0 Å². The molecule has 2 unspecified atom stereocenters. The standard InChI is InChI=1S/C32H40N7O8P/c1-7-43-27-24-26(36-30(34)37-27)39(18-35-24)29-32(6,16-33)25(40)23(46-29)15-45-48(42,38-19(2)28(41)44-17-31(3,4)5)47-22-14-10-12-20-11-8-9-13-21(20)22/h8-14,18-19,23,25,29,40H,7,15,17H2,1-6H3,(H,38,42)(H2,34,36,37)/t19-,23+,25+,29?,32+,48?/m0/s1. The highest BCUT2D eigenvalue weighted by atomic mass is 31.2. The smallest absolute Gasteiger partial charge is 0.459 e. The molecule has 0 bridgehead atoms. The van der Waals surface area contributed by atoms with Crippen LogP contribution in [0.4, 0.5) is 5.95 Å². The predicted molar refractivity (Wildman–Crippen MR) is 176 cm³/mol. The van der Waals surface area contributed by atoms with Crippen molar-refractivity contribution >= 4 is 41.6 Å². The fraction of sp³-hybridized carbons (Fsp3) is 0.469. The Morgan fingerprint density at radius 2 is 1.98 bits per heavy atom. The number of benzene rings is 2. The van der Waals surface area contributed by atoms with E-state index in [1.807, 2.05) is 45.0 Å². The molecule has 3 heterocycles. The van der Waals surface area contributed by atoms with Crippen molar-refractivity contribution in [2.24, 2.45) is 10.8 Å². The third kappa shape index (κ3) is 7.23. The van der Waals surface area contributed by atoms with Gasteiger partial charge in [0.2, 0.25) is 11.8 Å². The fourth-order valence-corrected chi connectivity index (χ4v) is 6.73. The summed E-state index contributed by atoms with van der Waals surface area (Å²) in [5.74, 6) is -0.357. The summed E-state index contributed by atoms with van der Waals surface area (Å²) >= 11 is 0. The normalized spacial score (nSPS) is 23.0. The minimum Gasteiger partial charge on any atom is -0.476 e. The van der Waals surface area contributed by atoms with Gasteiger partial charge in [0.15, 0.2) is 17.4 Å². The lowest BCUT2D eigenvalue weighted by atomic mass is 9.84. The van der Waals surface area contributed by atoms with Gasteiger partial charge >= 0.3 is 13.7 Å². The highest BCUT2D eigenvalue weighted by Gasteiger charge is 2.56. The van der Waals surface area contributed by atoms with E-state index in [0.29, 0.717) is 12.0 Å². The fourth-order valence-electron chi connectivity index (χ4n) is 5.20. The second-order valence-electron chi connectivity index (χ2n) is 12.9. The zero-order chi connectivity index (χ0) is 34.9. The topological polar surface area (TPSA) is 206 Å². The van der Waals surface area contributed by atoms with Gasteiger partial charge in [-0.3, -0.25) is 13.9 Å². The number of carbonyl (C=O) groups excluding carboxylic acids is 1. The lowest BCUT2D eigenvalue weighted by Crippen LogP contribution is -2.39. The lowest BCUT2D eigenvalue weighted by molar-refractivity contribution is -0.148. The van der Waals surface area contributed by atoms with Crippen LogP contribution < -0.4 is 20.1 Å². The van der Waals surface area contributed by atoms with Gasteiger partial charge in [0.1, 0.15) is 29.4 Å². The number of carbonyl (C=O) groups is 1. The minimum atomic E-state index is -4.39. The zero-order valence-electron chi connectivity index (χ0n) is 27.6. The van der Waals surface area contributed by atoms with E-state index in [9.17, 15) is 19.7 Å². The molecule has 4 aromatic rings. The SMILES string of the molecule is CCOc1nc(N)nc2c1ncn2C1O[C@H](COP(=O)(N[C@@H](C)C(=O)OCC(C)(C)C)Oc2cccc3ccccc23)[C@@H](O)[C@@]1(C)C#N. The van der Waals surface area contributed by atoms with Crippen LogP contribution in [0.25, 0.3) is 21.9 Å². The van der Waals surface area contributed by atoms with Crippen molar-refractivity contribution in [2.75, 3.05) is 25.6 Å². The molecule has 2 aromatic heterocycles. The van der Waals surface area contributed by atoms with Gasteiger partial charge in [0.25, 0.3) is 0 Å². The third-order valence-electron chi connectivity index (χ3n) is 7.69. The maximum atomic E-state index is 14.4. The van der Waals surface area contributed by atoms with Crippen molar-refractivity contribution < 1.29 is 37.7 Å². The van der Waals surface area contributed by atoms with Crippen molar-refractivity contribution in [1.82, 2.24) is 24.6 Å². The first-order valence-electron chi connectivity index (χ1n) is 15.4. The monoisotopic (exact) mass is 681 g/mol. The molecule has 1 aliphatic rings. The average Bonchev–Trinajstić information content (AvgIpc) is 3.56. The van der Waals surface area contributed by atoms with Crippen LogP contribution in [0.5, 0.6) is 11.6 Å². The number of imidazole rings is 1. The van der Waals surface area contributed by atoms with Crippen molar-refractivity contribution in [1.29, 1.82) is 5.26 Å². The Hall–Kier alpha value is -4.32. The summed E-state index contributed by atoms with van der Waals surface area (Å²) in [4.78, 5) is 25.6. The van der Waals surface area contributed by atoms with Gasteiger partial charge in [-0.1, -0.05) is 57.2 Å². The Bertz CT molecular complexity index is 1880. The first-order valence-corrected chi connectivity index (χ1v) is 17.0. The molecule has 2 aromatic carbocycles. The van der Waals surface area contributed by atoms with Crippen molar-refractivity contribution in [3.8, 4) is 17.7 Å². The van der Waals surface area contributed by atoms with Crippen LogP contribution in [0.3, 0.4) is 0 Å². The number of aromatic nitrogens is 4. The number of aliphatic hydroxyl groups is 1. The first-order chi connectivity index (χ1) is 22.7. The van der Waals surface area contributed by atoms with Crippen LogP contribution in [0.15, 0.2) is 48.8 Å². The number of esters is 1. The van der Waals surface area contributed by atoms with Crippen LogP contribution >= 0.6 is 7.75 Å². The van der Waals surface area contributed by atoms with E-state index in [0.717, 1.165) is 5.39 Å². The predicted octanol–water partition coefficient (Wildman–Crippen LogP) is 4.52. The highest BCUT2D eigenvalue weighted by molar-refractivity contribution is 7.52. The average molecular weight is 682 g/mol. The maximum absolute atomic E-state index is 14.4. The van der Waals surface area contributed by atoms with Gasteiger partial charge in [-0.15, -0.1) is 0 Å². The van der Waals surface area contributed by atoms with Crippen LogP contribution in [-0.2, 0) is 23.4 Å². The molecule has 5 rings (SSSR count). The summed E-state index contributed by atoms with van der Waals surface area (Å²) in [6.07, 6.45) is -2.36. The third-order valence-corrected chi connectivity index (χ3v) is 9.32. The van der Waals surface area contributed by atoms with Crippen LogP contribution in [0, 0.1) is 22.2 Å². The number of anilines is 1. The van der Waals surface area contributed by atoms with Crippen LogP contribution in [-0.4, -0.2) is 68.7 Å².